The molecule has 0 bridgehead atoms. The van der Waals surface area contributed by atoms with E-state index < -0.39 is 11.8 Å². The number of carbonyl (C=O) groups excluding carboxylic acids is 1. The van der Waals surface area contributed by atoms with Gasteiger partial charge in [-0.3, -0.25) is 9.59 Å². The largest absolute Gasteiger partial charge is 0.481 e. The van der Waals surface area contributed by atoms with Gasteiger partial charge in [0.05, 0.1) is 12.0 Å². The Balaban J connectivity index is 2.10. The van der Waals surface area contributed by atoms with Crippen LogP contribution < -0.4 is 5.32 Å². The molecule has 0 radical (unpaired) electrons. The third-order valence-electron chi connectivity index (χ3n) is 2.74. The quantitative estimate of drug-likeness (QED) is 0.886. The highest BCUT2D eigenvalue weighted by molar-refractivity contribution is 9.10. The highest BCUT2D eigenvalue weighted by atomic mass is 79.9. The van der Waals surface area contributed by atoms with Crippen molar-refractivity contribution < 1.29 is 19.1 Å². The molecule has 0 unspecified atom stereocenters. The minimum Gasteiger partial charge on any atom is -0.481 e. The van der Waals surface area contributed by atoms with Crippen molar-refractivity contribution in [1.29, 1.82) is 0 Å². The Morgan fingerprint density at radius 2 is 1.81 bits per heavy atom. The van der Waals surface area contributed by atoms with Gasteiger partial charge in [0.2, 0.25) is 0 Å². The summed E-state index contributed by atoms with van der Waals surface area (Å²) in [5.41, 5.74) is 1.49. The number of nitrogens with one attached hydrogen (secondary N) is 1. The van der Waals surface area contributed by atoms with E-state index in [0.717, 1.165) is 0 Å². The first kappa shape index (κ1) is 15.2. The number of carboxylic acids is 1. The molecule has 0 atom stereocenters. The van der Waals surface area contributed by atoms with Gasteiger partial charge in [-0.15, -0.1) is 0 Å². The molecule has 6 heteroatoms. The summed E-state index contributed by atoms with van der Waals surface area (Å²) in [7, 11) is 0. The van der Waals surface area contributed by atoms with Gasteiger partial charge in [0.15, 0.2) is 0 Å². The van der Waals surface area contributed by atoms with Gasteiger partial charge < -0.3 is 10.4 Å². The number of carboxylic acid groups (broad SMARTS) is 1. The van der Waals surface area contributed by atoms with Crippen molar-refractivity contribution in [3.05, 3.63) is 63.9 Å². The average Bonchev–Trinajstić information content (AvgIpc) is 2.40. The van der Waals surface area contributed by atoms with E-state index in [2.05, 4.69) is 21.2 Å². The lowest BCUT2D eigenvalue weighted by Crippen LogP contribution is -2.12. The molecule has 2 aromatic carbocycles. The molecule has 108 valence electrons. The molecule has 2 N–H and O–H groups in total. The molecule has 4 nitrogen and oxygen atoms in total. The van der Waals surface area contributed by atoms with Crippen LogP contribution in [0.25, 0.3) is 0 Å². The molecule has 0 saturated carbocycles. The summed E-state index contributed by atoms with van der Waals surface area (Å²) in [4.78, 5) is 22.6. The number of anilines is 1. The van der Waals surface area contributed by atoms with Crippen molar-refractivity contribution >= 4 is 33.5 Å². The minimum absolute atomic E-state index is 0.0717. The molecule has 0 fully saturated rings. The van der Waals surface area contributed by atoms with Crippen LogP contribution in [0.3, 0.4) is 0 Å². The topological polar surface area (TPSA) is 66.4 Å². The monoisotopic (exact) mass is 351 g/mol. The maximum Gasteiger partial charge on any atom is 0.307 e. The Morgan fingerprint density at radius 3 is 2.38 bits per heavy atom. The third-order valence-corrected chi connectivity index (χ3v) is 3.40. The van der Waals surface area contributed by atoms with Crippen LogP contribution in [-0.4, -0.2) is 17.0 Å². The van der Waals surface area contributed by atoms with Crippen molar-refractivity contribution in [3.8, 4) is 0 Å². The van der Waals surface area contributed by atoms with Gasteiger partial charge in [0.1, 0.15) is 5.82 Å². The van der Waals surface area contributed by atoms with Crippen LogP contribution in [0, 0.1) is 5.82 Å². The standard InChI is InChI=1S/C15H11BrFNO3/c16-13-8-10(17)3-6-12(13)15(21)18-11-4-1-9(2-5-11)7-14(19)20/h1-6,8H,7H2,(H,18,21)(H,19,20). The summed E-state index contributed by atoms with van der Waals surface area (Å²) in [6.07, 6.45) is -0.0717. The first-order valence-electron chi connectivity index (χ1n) is 6.03. The molecule has 0 aliphatic heterocycles. The van der Waals surface area contributed by atoms with Crippen molar-refractivity contribution in [2.75, 3.05) is 5.32 Å². The lowest BCUT2D eigenvalue weighted by atomic mass is 10.1. The molecule has 0 aliphatic rings. The van der Waals surface area contributed by atoms with E-state index in [1.807, 2.05) is 0 Å². The second-order valence-corrected chi connectivity index (χ2v) is 5.20. The second kappa shape index (κ2) is 6.49. The molecule has 0 saturated heterocycles. The lowest BCUT2D eigenvalue weighted by Gasteiger charge is -2.07. The number of hydrogen-bond acceptors (Lipinski definition) is 2. The van der Waals surface area contributed by atoms with Crippen LogP contribution in [0.5, 0.6) is 0 Å². The first-order valence-corrected chi connectivity index (χ1v) is 6.82. The van der Waals surface area contributed by atoms with Gasteiger partial charge in [-0.1, -0.05) is 12.1 Å². The molecule has 2 aromatic rings. The zero-order valence-electron chi connectivity index (χ0n) is 10.8. The lowest BCUT2D eigenvalue weighted by molar-refractivity contribution is -0.136. The minimum atomic E-state index is -0.915. The third kappa shape index (κ3) is 4.13. The second-order valence-electron chi connectivity index (χ2n) is 4.35. The van der Waals surface area contributed by atoms with Gasteiger partial charge in [-0.05, 0) is 51.8 Å². The fourth-order valence-corrected chi connectivity index (χ4v) is 2.28. The van der Waals surface area contributed by atoms with Crippen LogP contribution in [0.15, 0.2) is 46.9 Å². The molecule has 1 amide bonds. The molecule has 0 spiro atoms. The van der Waals surface area contributed by atoms with E-state index in [0.29, 0.717) is 21.3 Å². The SMILES string of the molecule is O=C(O)Cc1ccc(NC(=O)c2ccc(F)cc2Br)cc1. The summed E-state index contributed by atoms with van der Waals surface area (Å²) >= 11 is 3.13. The molecule has 21 heavy (non-hydrogen) atoms. The summed E-state index contributed by atoms with van der Waals surface area (Å²) < 4.78 is 13.3. The fraction of sp³-hybridized carbons (Fsp3) is 0.0667. The number of amides is 1. The number of hydrogen-bond donors (Lipinski definition) is 2. The van der Waals surface area contributed by atoms with Gasteiger partial charge in [-0.25, -0.2) is 4.39 Å². The zero-order chi connectivity index (χ0) is 15.4. The highest BCUT2D eigenvalue weighted by Crippen LogP contribution is 2.20. The molecule has 0 heterocycles. The van der Waals surface area contributed by atoms with E-state index in [1.54, 1.807) is 24.3 Å². The highest BCUT2D eigenvalue weighted by Gasteiger charge is 2.11. The molecule has 2 rings (SSSR count). The van der Waals surface area contributed by atoms with E-state index in [1.165, 1.54) is 18.2 Å². The number of aliphatic carboxylic acids is 1. The zero-order valence-corrected chi connectivity index (χ0v) is 12.4. The molecule has 0 aliphatic carbocycles. The number of halogens is 2. The van der Waals surface area contributed by atoms with Gasteiger partial charge >= 0.3 is 5.97 Å². The Kier molecular flexibility index (Phi) is 4.70. The summed E-state index contributed by atoms with van der Waals surface area (Å²) in [5, 5.41) is 11.3. The van der Waals surface area contributed by atoms with Gasteiger partial charge in [-0.2, -0.15) is 0 Å². The van der Waals surface area contributed by atoms with E-state index in [4.69, 9.17) is 5.11 Å². The number of benzene rings is 2. The van der Waals surface area contributed by atoms with Crippen LogP contribution >= 0.6 is 15.9 Å². The summed E-state index contributed by atoms with van der Waals surface area (Å²) in [5.74, 6) is -1.73. The Hall–Kier alpha value is -2.21. The number of rotatable bonds is 4. The van der Waals surface area contributed by atoms with E-state index in [9.17, 15) is 14.0 Å². The molecule has 0 aromatic heterocycles. The molecular formula is C15H11BrFNO3. The van der Waals surface area contributed by atoms with Crippen LogP contribution in [0.4, 0.5) is 10.1 Å². The maximum atomic E-state index is 13.0. The van der Waals surface area contributed by atoms with Crippen molar-refractivity contribution in [1.82, 2.24) is 0 Å². The van der Waals surface area contributed by atoms with Crippen LogP contribution in [0.1, 0.15) is 15.9 Å². The van der Waals surface area contributed by atoms with E-state index >= 15 is 0 Å². The van der Waals surface area contributed by atoms with Gasteiger partial charge in [0.25, 0.3) is 5.91 Å². The average molecular weight is 352 g/mol. The maximum absolute atomic E-state index is 13.0. The fourth-order valence-electron chi connectivity index (χ4n) is 1.75. The Morgan fingerprint density at radius 1 is 1.14 bits per heavy atom. The predicted molar refractivity (Wildman–Crippen MR) is 79.8 cm³/mol. The first-order chi connectivity index (χ1) is 9.95. The summed E-state index contributed by atoms with van der Waals surface area (Å²) in [6, 6.07) is 10.3. The Labute approximate surface area is 128 Å². The normalized spacial score (nSPS) is 10.2. The smallest absolute Gasteiger partial charge is 0.307 e. The predicted octanol–water partition coefficient (Wildman–Crippen LogP) is 3.47. The summed E-state index contributed by atoms with van der Waals surface area (Å²) in [6.45, 7) is 0. The van der Waals surface area contributed by atoms with Crippen LogP contribution in [-0.2, 0) is 11.2 Å². The molecular weight excluding hydrogens is 341 g/mol. The van der Waals surface area contributed by atoms with Gasteiger partial charge in [0, 0.05) is 10.2 Å². The van der Waals surface area contributed by atoms with Crippen molar-refractivity contribution in [2.24, 2.45) is 0 Å². The van der Waals surface area contributed by atoms with Crippen molar-refractivity contribution in [2.45, 2.75) is 6.42 Å². The van der Waals surface area contributed by atoms with Crippen molar-refractivity contribution in [3.63, 3.8) is 0 Å². The Bertz CT molecular complexity index is 686. The number of carbonyl (C=O) groups is 2. The van der Waals surface area contributed by atoms with Crippen LogP contribution in [0.2, 0.25) is 0 Å². The van der Waals surface area contributed by atoms with E-state index in [-0.39, 0.29) is 12.3 Å².